The van der Waals surface area contributed by atoms with Crippen molar-refractivity contribution in [2.75, 3.05) is 18.0 Å². The minimum absolute atomic E-state index is 0.0233. The van der Waals surface area contributed by atoms with Gasteiger partial charge in [0.1, 0.15) is 10.7 Å². The number of piperidine rings is 1. The van der Waals surface area contributed by atoms with Crippen molar-refractivity contribution in [1.82, 2.24) is 4.57 Å². The van der Waals surface area contributed by atoms with Gasteiger partial charge in [0.25, 0.3) is 0 Å². The SMILES string of the molecule is CCCCn1cc(S(=O)(=O)c2ccc(Cl)cc2)c(=O)c2cc(F)c(N3CCC[C@H](C)C3)cc21. The Morgan fingerprint density at radius 2 is 1.91 bits per heavy atom. The maximum absolute atomic E-state index is 15.2. The van der Waals surface area contributed by atoms with Gasteiger partial charge >= 0.3 is 0 Å². The van der Waals surface area contributed by atoms with Crippen LogP contribution >= 0.6 is 11.6 Å². The van der Waals surface area contributed by atoms with Gasteiger partial charge in [-0.3, -0.25) is 4.79 Å². The average Bonchev–Trinajstić information content (AvgIpc) is 2.78. The first-order valence-corrected chi connectivity index (χ1v) is 13.2. The molecule has 0 spiro atoms. The van der Waals surface area contributed by atoms with Crippen molar-refractivity contribution in [2.45, 2.75) is 55.9 Å². The summed E-state index contributed by atoms with van der Waals surface area (Å²) in [5, 5.41) is 0.474. The van der Waals surface area contributed by atoms with Gasteiger partial charge in [0.05, 0.1) is 21.5 Å². The lowest BCUT2D eigenvalue weighted by Crippen LogP contribution is -2.35. The zero-order chi connectivity index (χ0) is 23.8. The van der Waals surface area contributed by atoms with Gasteiger partial charge in [0.2, 0.25) is 15.3 Å². The summed E-state index contributed by atoms with van der Waals surface area (Å²) in [6.07, 6.45) is 5.19. The van der Waals surface area contributed by atoms with E-state index in [0.29, 0.717) is 28.7 Å². The highest BCUT2D eigenvalue weighted by Gasteiger charge is 2.26. The van der Waals surface area contributed by atoms with Crippen LogP contribution in [-0.2, 0) is 16.4 Å². The standard InChI is InChI=1S/C25H28ClFN2O3S/c1-3-4-11-29-16-24(33(31,32)19-9-7-18(26)8-10-19)25(30)20-13-21(27)23(14-22(20)29)28-12-5-6-17(2)15-28/h7-10,13-14,16-17H,3-6,11-12,15H2,1-2H3/t17-/m0/s1. The first-order chi connectivity index (χ1) is 15.7. The van der Waals surface area contributed by atoms with Gasteiger partial charge in [-0.15, -0.1) is 0 Å². The molecule has 3 aromatic rings. The summed E-state index contributed by atoms with van der Waals surface area (Å²) in [6.45, 7) is 6.23. The maximum atomic E-state index is 15.2. The van der Waals surface area contributed by atoms with Crippen LogP contribution in [0.2, 0.25) is 5.02 Å². The summed E-state index contributed by atoms with van der Waals surface area (Å²) in [7, 11) is -4.10. The third kappa shape index (κ3) is 4.66. The van der Waals surface area contributed by atoms with Gasteiger partial charge in [-0.1, -0.05) is 31.9 Å². The molecular formula is C25H28ClFN2O3S. The van der Waals surface area contributed by atoms with Gasteiger partial charge in [-0.05, 0) is 61.6 Å². The van der Waals surface area contributed by atoms with E-state index in [0.717, 1.165) is 38.8 Å². The highest BCUT2D eigenvalue weighted by Crippen LogP contribution is 2.30. The molecule has 5 nitrogen and oxygen atoms in total. The first-order valence-electron chi connectivity index (χ1n) is 11.3. The van der Waals surface area contributed by atoms with Crippen LogP contribution in [0.5, 0.6) is 0 Å². The Hall–Kier alpha value is -2.38. The van der Waals surface area contributed by atoms with Crippen LogP contribution in [0.15, 0.2) is 57.2 Å². The number of hydrogen-bond donors (Lipinski definition) is 0. The minimum Gasteiger partial charge on any atom is -0.369 e. The number of pyridine rings is 1. The predicted molar refractivity (Wildman–Crippen MR) is 131 cm³/mol. The molecule has 0 unspecified atom stereocenters. The third-order valence-electron chi connectivity index (χ3n) is 6.28. The van der Waals surface area contributed by atoms with E-state index in [1.54, 1.807) is 10.6 Å². The van der Waals surface area contributed by atoms with Crippen molar-refractivity contribution in [1.29, 1.82) is 0 Å². The lowest BCUT2D eigenvalue weighted by Gasteiger charge is -2.33. The van der Waals surface area contributed by atoms with Crippen molar-refractivity contribution in [2.24, 2.45) is 5.92 Å². The number of fused-ring (bicyclic) bond motifs is 1. The molecule has 0 saturated carbocycles. The quantitative estimate of drug-likeness (QED) is 0.447. The lowest BCUT2D eigenvalue weighted by molar-refractivity contribution is 0.442. The smallest absolute Gasteiger partial charge is 0.211 e. The van der Waals surface area contributed by atoms with Gasteiger partial charge in [0, 0.05) is 30.9 Å². The number of sulfone groups is 1. The van der Waals surface area contributed by atoms with Gasteiger partial charge in [0.15, 0.2) is 0 Å². The second-order valence-electron chi connectivity index (χ2n) is 8.84. The maximum Gasteiger partial charge on any atom is 0.211 e. The van der Waals surface area contributed by atoms with E-state index in [1.807, 2.05) is 11.8 Å². The number of benzene rings is 2. The fourth-order valence-electron chi connectivity index (χ4n) is 4.47. The summed E-state index contributed by atoms with van der Waals surface area (Å²) in [5.41, 5.74) is 0.329. The molecule has 33 heavy (non-hydrogen) atoms. The van der Waals surface area contributed by atoms with Crippen LogP contribution < -0.4 is 10.3 Å². The van der Waals surface area contributed by atoms with Crippen molar-refractivity contribution in [3.63, 3.8) is 0 Å². The van der Waals surface area contributed by atoms with E-state index in [1.165, 1.54) is 36.5 Å². The molecule has 0 N–H and O–H groups in total. The topological polar surface area (TPSA) is 59.4 Å². The fourth-order valence-corrected chi connectivity index (χ4v) is 5.96. The number of aryl methyl sites for hydroxylation is 1. The van der Waals surface area contributed by atoms with E-state index < -0.39 is 21.1 Å². The highest BCUT2D eigenvalue weighted by molar-refractivity contribution is 7.91. The number of rotatable bonds is 6. The van der Waals surface area contributed by atoms with Gasteiger partial charge in [-0.2, -0.15) is 0 Å². The number of nitrogens with zero attached hydrogens (tertiary/aromatic N) is 2. The Balaban J connectivity index is 1.92. The zero-order valence-corrected chi connectivity index (χ0v) is 20.4. The normalized spacial score (nSPS) is 17.0. The van der Waals surface area contributed by atoms with Crippen molar-refractivity contribution in [3.8, 4) is 0 Å². The number of hydrogen-bond acceptors (Lipinski definition) is 4. The number of unbranched alkanes of at least 4 members (excludes halogenated alkanes) is 1. The largest absolute Gasteiger partial charge is 0.369 e. The van der Waals surface area contributed by atoms with Crippen LogP contribution in [0.4, 0.5) is 10.1 Å². The third-order valence-corrected chi connectivity index (χ3v) is 8.29. The fraction of sp³-hybridized carbons (Fsp3) is 0.400. The van der Waals surface area contributed by atoms with Crippen LogP contribution in [0.25, 0.3) is 10.9 Å². The van der Waals surface area contributed by atoms with E-state index >= 15 is 4.39 Å². The molecule has 4 rings (SSSR count). The van der Waals surface area contributed by atoms with E-state index in [-0.39, 0.29) is 15.2 Å². The Morgan fingerprint density at radius 1 is 1.18 bits per heavy atom. The Kier molecular flexibility index (Phi) is 6.82. The molecule has 2 aromatic carbocycles. The molecule has 0 radical (unpaired) electrons. The minimum atomic E-state index is -4.10. The van der Waals surface area contributed by atoms with Crippen LogP contribution in [0.3, 0.4) is 0 Å². The summed E-state index contributed by atoms with van der Waals surface area (Å²) in [6, 6.07) is 8.60. The molecule has 0 bridgehead atoms. The van der Waals surface area contributed by atoms with Crippen molar-refractivity contribution >= 4 is 38.0 Å². The molecule has 1 atom stereocenters. The van der Waals surface area contributed by atoms with Crippen molar-refractivity contribution in [3.05, 3.63) is 63.7 Å². The molecule has 1 fully saturated rings. The monoisotopic (exact) mass is 490 g/mol. The molecular weight excluding hydrogens is 463 g/mol. The summed E-state index contributed by atoms with van der Waals surface area (Å²) in [4.78, 5) is 15.0. The number of anilines is 1. The van der Waals surface area contributed by atoms with Crippen LogP contribution in [-0.4, -0.2) is 26.1 Å². The molecule has 176 valence electrons. The molecule has 8 heteroatoms. The summed E-state index contributed by atoms with van der Waals surface area (Å²) >= 11 is 5.90. The van der Waals surface area contributed by atoms with E-state index in [2.05, 4.69) is 6.92 Å². The molecule has 1 aromatic heterocycles. The Labute approximate surface area is 198 Å². The Morgan fingerprint density at radius 3 is 2.58 bits per heavy atom. The molecule has 2 heterocycles. The second-order valence-corrected chi connectivity index (χ2v) is 11.2. The van der Waals surface area contributed by atoms with Crippen LogP contribution in [0.1, 0.15) is 39.5 Å². The lowest BCUT2D eigenvalue weighted by atomic mass is 9.99. The van der Waals surface area contributed by atoms with E-state index in [4.69, 9.17) is 11.6 Å². The average molecular weight is 491 g/mol. The highest BCUT2D eigenvalue weighted by atomic mass is 35.5. The zero-order valence-electron chi connectivity index (χ0n) is 18.9. The molecule has 0 aliphatic carbocycles. The van der Waals surface area contributed by atoms with Gasteiger partial charge < -0.3 is 9.47 Å². The second kappa shape index (κ2) is 9.47. The summed E-state index contributed by atoms with van der Waals surface area (Å²) < 4.78 is 43.6. The molecule has 1 aliphatic heterocycles. The predicted octanol–water partition coefficient (Wildman–Crippen LogP) is 5.66. The summed E-state index contributed by atoms with van der Waals surface area (Å²) in [5.74, 6) is -0.0418. The number of halogens is 2. The van der Waals surface area contributed by atoms with Crippen molar-refractivity contribution < 1.29 is 12.8 Å². The molecule has 0 amide bonds. The molecule has 1 saturated heterocycles. The molecule has 1 aliphatic rings. The van der Waals surface area contributed by atoms with E-state index in [9.17, 15) is 13.2 Å². The Bertz CT molecular complexity index is 1340. The first kappa shape index (κ1) is 23.8. The van der Waals surface area contributed by atoms with Crippen LogP contribution in [0, 0.1) is 11.7 Å². The number of aromatic nitrogens is 1. The van der Waals surface area contributed by atoms with Gasteiger partial charge in [-0.25, -0.2) is 12.8 Å².